The van der Waals surface area contributed by atoms with Crippen LogP contribution in [0.25, 0.3) is 0 Å². The Bertz CT molecular complexity index is 970. The maximum absolute atomic E-state index is 13.1. The van der Waals surface area contributed by atoms with Crippen LogP contribution >= 0.6 is 23.2 Å². The lowest BCUT2D eigenvalue weighted by molar-refractivity contribution is -0.118. The van der Waals surface area contributed by atoms with Gasteiger partial charge in [0.25, 0.3) is 0 Å². The summed E-state index contributed by atoms with van der Waals surface area (Å²) >= 11 is 12.3. The van der Waals surface area contributed by atoms with E-state index in [0.717, 1.165) is 16.8 Å². The van der Waals surface area contributed by atoms with E-state index >= 15 is 0 Å². The average Bonchev–Trinajstić information content (AvgIpc) is 2.67. The molecule has 0 bridgehead atoms. The molecule has 0 aliphatic heterocycles. The first-order chi connectivity index (χ1) is 13.4. The molecule has 0 saturated carbocycles. The highest BCUT2D eigenvalue weighted by Gasteiger charge is 2.17. The Morgan fingerprint density at radius 3 is 2.32 bits per heavy atom. The zero-order valence-electron chi connectivity index (χ0n) is 16.1. The summed E-state index contributed by atoms with van der Waals surface area (Å²) in [4.78, 5) is 15.0. The van der Waals surface area contributed by atoms with Crippen molar-refractivity contribution in [3.05, 3.63) is 99.0 Å². The third kappa shape index (κ3) is 5.15. The van der Waals surface area contributed by atoms with E-state index in [0.29, 0.717) is 29.4 Å². The summed E-state index contributed by atoms with van der Waals surface area (Å²) in [6.07, 6.45) is 1.02. The van der Waals surface area contributed by atoms with E-state index in [1.165, 1.54) is 11.1 Å². The Morgan fingerprint density at radius 1 is 0.893 bits per heavy atom. The van der Waals surface area contributed by atoms with Gasteiger partial charge in [0, 0.05) is 22.3 Å². The van der Waals surface area contributed by atoms with Gasteiger partial charge in [-0.25, -0.2) is 0 Å². The zero-order chi connectivity index (χ0) is 20.1. The highest BCUT2D eigenvalue weighted by molar-refractivity contribution is 6.35. The largest absolute Gasteiger partial charge is 0.312 e. The molecule has 4 heteroatoms. The number of nitrogens with zero attached hydrogens (tertiary/aromatic N) is 1. The normalized spacial score (nSPS) is 10.7. The highest BCUT2D eigenvalue weighted by atomic mass is 35.5. The molecule has 0 fully saturated rings. The zero-order valence-corrected chi connectivity index (χ0v) is 17.6. The van der Waals surface area contributed by atoms with Crippen molar-refractivity contribution in [1.82, 2.24) is 0 Å². The molecule has 144 valence electrons. The SMILES string of the molecule is Cc1ccc(N(CCc2ccc(Cl)cc2Cl)C(=O)Cc2ccccc2)cc1C. The van der Waals surface area contributed by atoms with Crippen molar-refractivity contribution in [2.75, 3.05) is 11.4 Å². The molecule has 0 heterocycles. The van der Waals surface area contributed by atoms with Crippen molar-refractivity contribution >= 4 is 34.8 Å². The van der Waals surface area contributed by atoms with Crippen LogP contribution < -0.4 is 4.90 Å². The van der Waals surface area contributed by atoms with Gasteiger partial charge in [0.2, 0.25) is 5.91 Å². The van der Waals surface area contributed by atoms with E-state index in [4.69, 9.17) is 23.2 Å². The standard InChI is InChI=1S/C24H23Cl2NO/c1-17-8-11-22(14-18(17)2)27(24(28)15-19-6-4-3-5-7-19)13-12-20-9-10-21(25)16-23(20)26/h3-11,14,16H,12-13,15H2,1-2H3. The van der Waals surface area contributed by atoms with Gasteiger partial charge in [-0.05, 0) is 66.8 Å². The van der Waals surface area contributed by atoms with Crippen LogP contribution in [0.1, 0.15) is 22.3 Å². The predicted molar refractivity (Wildman–Crippen MR) is 119 cm³/mol. The number of hydrogen-bond acceptors (Lipinski definition) is 1. The number of hydrogen-bond donors (Lipinski definition) is 0. The van der Waals surface area contributed by atoms with Crippen molar-refractivity contribution in [3.8, 4) is 0 Å². The molecule has 0 N–H and O–H groups in total. The first-order valence-electron chi connectivity index (χ1n) is 9.29. The first-order valence-corrected chi connectivity index (χ1v) is 10.0. The monoisotopic (exact) mass is 411 g/mol. The molecule has 1 amide bonds. The number of amides is 1. The molecule has 0 aliphatic carbocycles. The van der Waals surface area contributed by atoms with E-state index in [-0.39, 0.29) is 5.91 Å². The molecule has 0 atom stereocenters. The topological polar surface area (TPSA) is 20.3 Å². The van der Waals surface area contributed by atoms with Gasteiger partial charge in [-0.2, -0.15) is 0 Å². The third-order valence-corrected chi connectivity index (χ3v) is 5.51. The number of halogens is 2. The fourth-order valence-corrected chi connectivity index (χ4v) is 3.62. The Balaban J connectivity index is 1.85. The smallest absolute Gasteiger partial charge is 0.231 e. The average molecular weight is 412 g/mol. The van der Waals surface area contributed by atoms with Crippen LogP contribution in [0.2, 0.25) is 10.0 Å². The van der Waals surface area contributed by atoms with Gasteiger partial charge < -0.3 is 4.90 Å². The summed E-state index contributed by atoms with van der Waals surface area (Å²) in [5.74, 6) is 0.0690. The van der Waals surface area contributed by atoms with Gasteiger partial charge in [-0.1, -0.05) is 65.7 Å². The summed E-state index contributed by atoms with van der Waals surface area (Å²) in [6, 6.07) is 21.5. The van der Waals surface area contributed by atoms with Crippen molar-refractivity contribution in [1.29, 1.82) is 0 Å². The van der Waals surface area contributed by atoms with Gasteiger partial charge >= 0.3 is 0 Å². The van der Waals surface area contributed by atoms with Gasteiger partial charge in [0.15, 0.2) is 0 Å². The number of carbonyl (C=O) groups excluding carboxylic acids is 1. The highest BCUT2D eigenvalue weighted by Crippen LogP contribution is 2.24. The molecule has 3 aromatic carbocycles. The molecule has 0 spiro atoms. The van der Waals surface area contributed by atoms with Crippen LogP contribution in [0.3, 0.4) is 0 Å². The molecule has 0 unspecified atom stereocenters. The summed E-state index contributed by atoms with van der Waals surface area (Å²) in [5.41, 5.74) is 5.27. The molecule has 0 aliphatic rings. The molecule has 28 heavy (non-hydrogen) atoms. The second-order valence-corrected chi connectivity index (χ2v) is 7.81. The summed E-state index contributed by atoms with van der Waals surface area (Å²) in [5, 5.41) is 1.24. The molecule has 2 nitrogen and oxygen atoms in total. The third-order valence-electron chi connectivity index (χ3n) is 4.92. The number of aryl methyl sites for hydroxylation is 2. The van der Waals surface area contributed by atoms with Crippen LogP contribution in [0, 0.1) is 13.8 Å². The van der Waals surface area contributed by atoms with Crippen molar-refractivity contribution < 1.29 is 4.79 Å². The summed E-state index contributed by atoms with van der Waals surface area (Å²) in [6.45, 7) is 4.69. The Hall–Kier alpha value is -2.29. The predicted octanol–water partition coefficient (Wildman–Crippen LogP) is 6.43. The molecule has 3 rings (SSSR count). The maximum Gasteiger partial charge on any atom is 0.231 e. The lowest BCUT2D eigenvalue weighted by atomic mass is 10.1. The van der Waals surface area contributed by atoms with Crippen LogP contribution in [-0.4, -0.2) is 12.5 Å². The van der Waals surface area contributed by atoms with E-state index in [1.807, 2.05) is 53.4 Å². The second kappa shape index (κ2) is 9.27. The number of carbonyl (C=O) groups is 1. The van der Waals surface area contributed by atoms with Crippen LogP contribution in [0.4, 0.5) is 5.69 Å². The van der Waals surface area contributed by atoms with Crippen LogP contribution in [-0.2, 0) is 17.6 Å². The maximum atomic E-state index is 13.1. The van der Waals surface area contributed by atoms with E-state index < -0.39 is 0 Å². The van der Waals surface area contributed by atoms with Crippen LogP contribution in [0.15, 0.2) is 66.7 Å². The van der Waals surface area contributed by atoms with E-state index in [9.17, 15) is 4.79 Å². The Kier molecular flexibility index (Phi) is 6.77. The number of rotatable bonds is 6. The van der Waals surface area contributed by atoms with E-state index in [1.54, 1.807) is 6.07 Å². The van der Waals surface area contributed by atoms with Crippen molar-refractivity contribution in [3.63, 3.8) is 0 Å². The quantitative estimate of drug-likeness (QED) is 0.457. The number of anilines is 1. The fraction of sp³-hybridized carbons (Fsp3) is 0.208. The Morgan fingerprint density at radius 2 is 1.64 bits per heavy atom. The lowest BCUT2D eigenvalue weighted by Gasteiger charge is -2.24. The van der Waals surface area contributed by atoms with Gasteiger partial charge in [0.05, 0.1) is 6.42 Å². The minimum absolute atomic E-state index is 0.0690. The molecular formula is C24H23Cl2NO. The lowest BCUT2D eigenvalue weighted by Crippen LogP contribution is -2.34. The molecular weight excluding hydrogens is 389 g/mol. The summed E-state index contributed by atoms with van der Waals surface area (Å²) < 4.78 is 0. The minimum atomic E-state index is 0.0690. The number of benzene rings is 3. The van der Waals surface area contributed by atoms with Crippen LogP contribution in [0.5, 0.6) is 0 Å². The first kappa shape index (κ1) is 20.4. The molecule has 3 aromatic rings. The fourth-order valence-electron chi connectivity index (χ4n) is 3.11. The summed E-state index contributed by atoms with van der Waals surface area (Å²) in [7, 11) is 0. The van der Waals surface area contributed by atoms with Gasteiger partial charge in [-0.15, -0.1) is 0 Å². The van der Waals surface area contributed by atoms with E-state index in [2.05, 4.69) is 26.0 Å². The molecule has 0 aromatic heterocycles. The molecule has 0 radical (unpaired) electrons. The van der Waals surface area contributed by atoms with Crippen molar-refractivity contribution in [2.45, 2.75) is 26.7 Å². The van der Waals surface area contributed by atoms with Crippen molar-refractivity contribution in [2.24, 2.45) is 0 Å². The second-order valence-electron chi connectivity index (χ2n) is 6.96. The molecule has 0 saturated heterocycles. The van der Waals surface area contributed by atoms with Gasteiger partial charge in [0.1, 0.15) is 0 Å². The minimum Gasteiger partial charge on any atom is -0.312 e. The van der Waals surface area contributed by atoms with Gasteiger partial charge in [-0.3, -0.25) is 4.79 Å². The Labute approximate surface area is 176 Å².